The molecule has 4 heteroatoms. The molecule has 4 nitrogen and oxygen atoms in total. The summed E-state index contributed by atoms with van der Waals surface area (Å²) in [4.78, 5) is 0. The molecule has 0 saturated carbocycles. The van der Waals surface area contributed by atoms with Gasteiger partial charge in [0, 0.05) is 6.54 Å². The fourth-order valence-electron chi connectivity index (χ4n) is 2.73. The van der Waals surface area contributed by atoms with E-state index in [2.05, 4.69) is 31.3 Å². The molecule has 29 heavy (non-hydrogen) atoms. The third kappa shape index (κ3) is 7.07. The van der Waals surface area contributed by atoms with E-state index in [9.17, 15) is 0 Å². The maximum Gasteiger partial charge on any atom is 0.142 e. The Morgan fingerprint density at radius 1 is 0.690 bits per heavy atom. The standard InChI is InChI=1S/C25H29NO3/c1-20(2)19-29-25-11-7-6-10-24(25)26-18-21-12-14-23(15-13-21)28-17-16-27-22-8-4-3-5-9-22/h3-15,20,26H,16-19H2,1-2H3. The van der Waals surface area contributed by atoms with E-state index >= 15 is 0 Å². The zero-order valence-corrected chi connectivity index (χ0v) is 17.1. The SMILES string of the molecule is CC(C)COc1ccccc1NCc1ccc(OCCOc2ccccc2)cc1. The van der Waals surface area contributed by atoms with Gasteiger partial charge in [-0.1, -0.05) is 56.3 Å². The Bertz CT molecular complexity index is 847. The summed E-state index contributed by atoms with van der Waals surface area (Å²) in [6, 6.07) is 25.9. The van der Waals surface area contributed by atoms with E-state index in [0.29, 0.717) is 25.7 Å². The average Bonchev–Trinajstić information content (AvgIpc) is 2.76. The summed E-state index contributed by atoms with van der Waals surface area (Å²) in [6.45, 7) is 6.74. The minimum atomic E-state index is 0.494. The molecule has 152 valence electrons. The van der Waals surface area contributed by atoms with Gasteiger partial charge < -0.3 is 19.5 Å². The van der Waals surface area contributed by atoms with E-state index in [1.54, 1.807) is 0 Å². The first-order chi connectivity index (χ1) is 14.2. The topological polar surface area (TPSA) is 39.7 Å². The molecular formula is C25H29NO3. The maximum absolute atomic E-state index is 5.90. The minimum Gasteiger partial charge on any atom is -0.491 e. The zero-order valence-electron chi connectivity index (χ0n) is 17.1. The van der Waals surface area contributed by atoms with Gasteiger partial charge in [-0.3, -0.25) is 0 Å². The number of ether oxygens (including phenoxy) is 3. The van der Waals surface area contributed by atoms with E-state index in [1.165, 1.54) is 5.56 Å². The zero-order chi connectivity index (χ0) is 20.3. The molecule has 0 aliphatic carbocycles. The molecule has 0 aliphatic rings. The summed E-state index contributed by atoms with van der Waals surface area (Å²) >= 11 is 0. The largest absolute Gasteiger partial charge is 0.491 e. The van der Waals surface area contributed by atoms with Gasteiger partial charge in [0.1, 0.15) is 30.5 Å². The van der Waals surface area contributed by atoms with Crippen LogP contribution in [0.2, 0.25) is 0 Å². The van der Waals surface area contributed by atoms with Crippen molar-refractivity contribution in [2.75, 3.05) is 25.1 Å². The number of rotatable bonds is 11. The Morgan fingerprint density at radius 2 is 1.31 bits per heavy atom. The van der Waals surface area contributed by atoms with Crippen molar-refractivity contribution in [2.24, 2.45) is 5.92 Å². The van der Waals surface area contributed by atoms with Gasteiger partial charge in [0.15, 0.2) is 0 Å². The predicted octanol–water partition coefficient (Wildman–Crippen LogP) is 5.79. The van der Waals surface area contributed by atoms with E-state index < -0.39 is 0 Å². The third-order valence-electron chi connectivity index (χ3n) is 4.23. The van der Waals surface area contributed by atoms with E-state index in [1.807, 2.05) is 66.7 Å². The molecule has 0 fully saturated rings. The Labute approximate surface area is 173 Å². The number of para-hydroxylation sites is 3. The summed E-state index contributed by atoms with van der Waals surface area (Å²) in [6.07, 6.45) is 0. The lowest BCUT2D eigenvalue weighted by atomic mass is 10.2. The number of hydrogen-bond donors (Lipinski definition) is 1. The number of anilines is 1. The van der Waals surface area contributed by atoms with Crippen molar-refractivity contribution < 1.29 is 14.2 Å². The monoisotopic (exact) mass is 391 g/mol. The average molecular weight is 392 g/mol. The van der Waals surface area contributed by atoms with Crippen LogP contribution >= 0.6 is 0 Å². The van der Waals surface area contributed by atoms with Crippen LogP contribution in [0.5, 0.6) is 17.2 Å². The van der Waals surface area contributed by atoms with Crippen molar-refractivity contribution in [3.63, 3.8) is 0 Å². The Balaban J connectivity index is 1.43. The van der Waals surface area contributed by atoms with Gasteiger partial charge in [0.05, 0.1) is 12.3 Å². The molecule has 0 heterocycles. The molecule has 0 aliphatic heterocycles. The molecule has 0 radical (unpaired) electrons. The lowest BCUT2D eigenvalue weighted by molar-refractivity contribution is 0.217. The smallest absolute Gasteiger partial charge is 0.142 e. The summed E-state index contributed by atoms with van der Waals surface area (Å²) in [7, 11) is 0. The number of hydrogen-bond acceptors (Lipinski definition) is 4. The van der Waals surface area contributed by atoms with Crippen LogP contribution in [0.15, 0.2) is 78.9 Å². The summed E-state index contributed by atoms with van der Waals surface area (Å²) < 4.78 is 17.3. The molecule has 0 aromatic heterocycles. The fourth-order valence-corrected chi connectivity index (χ4v) is 2.73. The molecule has 0 spiro atoms. The van der Waals surface area contributed by atoms with Crippen molar-refractivity contribution in [2.45, 2.75) is 20.4 Å². The Hall–Kier alpha value is -3.14. The van der Waals surface area contributed by atoms with Gasteiger partial charge in [0.2, 0.25) is 0 Å². The van der Waals surface area contributed by atoms with Crippen LogP contribution in [-0.4, -0.2) is 19.8 Å². The van der Waals surface area contributed by atoms with Crippen LogP contribution < -0.4 is 19.5 Å². The number of benzene rings is 3. The van der Waals surface area contributed by atoms with Gasteiger partial charge in [-0.25, -0.2) is 0 Å². The van der Waals surface area contributed by atoms with Crippen LogP contribution in [0, 0.1) is 5.92 Å². The molecule has 0 amide bonds. The lowest BCUT2D eigenvalue weighted by Gasteiger charge is -2.15. The highest BCUT2D eigenvalue weighted by atomic mass is 16.5. The second kappa shape index (κ2) is 11.0. The second-order valence-electron chi connectivity index (χ2n) is 7.21. The van der Waals surface area contributed by atoms with Gasteiger partial charge in [-0.2, -0.15) is 0 Å². The van der Waals surface area contributed by atoms with Crippen molar-refractivity contribution in [3.8, 4) is 17.2 Å². The van der Waals surface area contributed by atoms with Gasteiger partial charge in [-0.05, 0) is 47.9 Å². The van der Waals surface area contributed by atoms with E-state index in [0.717, 1.165) is 29.5 Å². The van der Waals surface area contributed by atoms with Crippen molar-refractivity contribution in [1.82, 2.24) is 0 Å². The first kappa shape index (κ1) is 20.6. The van der Waals surface area contributed by atoms with Crippen LogP contribution in [0.4, 0.5) is 5.69 Å². The second-order valence-corrected chi connectivity index (χ2v) is 7.21. The van der Waals surface area contributed by atoms with Crippen LogP contribution in [0.25, 0.3) is 0 Å². The summed E-state index contributed by atoms with van der Waals surface area (Å²) in [5.41, 5.74) is 2.18. The van der Waals surface area contributed by atoms with Gasteiger partial charge in [-0.15, -0.1) is 0 Å². The molecular weight excluding hydrogens is 362 g/mol. The molecule has 0 atom stereocenters. The molecule has 0 saturated heterocycles. The van der Waals surface area contributed by atoms with Crippen LogP contribution in [0.1, 0.15) is 19.4 Å². The summed E-state index contributed by atoms with van der Waals surface area (Å²) in [5.74, 6) is 3.08. The minimum absolute atomic E-state index is 0.494. The molecule has 1 N–H and O–H groups in total. The van der Waals surface area contributed by atoms with Crippen LogP contribution in [0.3, 0.4) is 0 Å². The third-order valence-corrected chi connectivity index (χ3v) is 4.23. The van der Waals surface area contributed by atoms with Crippen molar-refractivity contribution >= 4 is 5.69 Å². The quantitative estimate of drug-likeness (QED) is 0.420. The molecule has 0 bridgehead atoms. The summed E-state index contributed by atoms with van der Waals surface area (Å²) in [5, 5.41) is 3.46. The maximum atomic E-state index is 5.90. The van der Waals surface area contributed by atoms with Crippen molar-refractivity contribution in [3.05, 3.63) is 84.4 Å². The van der Waals surface area contributed by atoms with E-state index in [-0.39, 0.29) is 0 Å². The van der Waals surface area contributed by atoms with Crippen molar-refractivity contribution in [1.29, 1.82) is 0 Å². The molecule has 3 aromatic carbocycles. The fraction of sp³-hybridized carbons (Fsp3) is 0.280. The van der Waals surface area contributed by atoms with Gasteiger partial charge >= 0.3 is 0 Å². The Morgan fingerprint density at radius 3 is 2.00 bits per heavy atom. The predicted molar refractivity (Wildman–Crippen MR) is 118 cm³/mol. The molecule has 3 rings (SSSR count). The number of nitrogens with one attached hydrogen (secondary N) is 1. The highest BCUT2D eigenvalue weighted by molar-refractivity contribution is 5.56. The first-order valence-electron chi connectivity index (χ1n) is 10.1. The van der Waals surface area contributed by atoms with Crippen LogP contribution in [-0.2, 0) is 6.54 Å². The lowest BCUT2D eigenvalue weighted by Crippen LogP contribution is -2.09. The molecule has 3 aromatic rings. The highest BCUT2D eigenvalue weighted by Gasteiger charge is 2.04. The van der Waals surface area contributed by atoms with Gasteiger partial charge in [0.25, 0.3) is 0 Å². The normalized spacial score (nSPS) is 10.6. The Kier molecular flexibility index (Phi) is 7.81. The van der Waals surface area contributed by atoms with E-state index in [4.69, 9.17) is 14.2 Å². The first-order valence-corrected chi connectivity index (χ1v) is 10.1. The molecule has 0 unspecified atom stereocenters. The highest BCUT2D eigenvalue weighted by Crippen LogP contribution is 2.25.